The van der Waals surface area contributed by atoms with Crippen LogP contribution in [0.3, 0.4) is 0 Å². The molecule has 3 aromatic rings. The molecule has 0 atom stereocenters. The first-order valence-electron chi connectivity index (χ1n) is 9.57. The Morgan fingerprint density at radius 1 is 1.07 bits per heavy atom. The van der Waals surface area contributed by atoms with Crippen molar-refractivity contribution in [3.05, 3.63) is 71.2 Å². The molecule has 0 aliphatic rings. The first-order chi connectivity index (χ1) is 14.2. The molecular formula is C23H25N3O3S. The van der Waals surface area contributed by atoms with Gasteiger partial charge >= 0.3 is 6.09 Å². The largest absolute Gasteiger partial charge is 0.444 e. The van der Waals surface area contributed by atoms with Crippen LogP contribution in [0.25, 0.3) is 10.6 Å². The molecular weight excluding hydrogens is 398 g/mol. The van der Waals surface area contributed by atoms with E-state index in [1.807, 2.05) is 75.4 Å². The minimum atomic E-state index is -0.568. The van der Waals surface area contributed by atoms with Crippen molar-refractivity contribution in [1.29, 1.82) is 0 Å². The Bertz CT molecular complexity index is 1030. The maximum atomic E-state index is 12.8. The monoisotopic (exact) mass is 423 g/mol. The number of carbonyl (C=O) groups is 2. The van der Waals surface area contributed by atoms with E-state index in [4.69, 9.17) is 4.74 Å². The van der Waals surface area contributed by atoms with Gasteiger partial charge in [0.2, 0.25) is 0 Å². The molecule has 0 unspecified atom stereocenters. The van der Waals surface area contributed by atoms with Crippen molar-refractivity contribution in [2.24, 2.45) is 0 Å². The Labute approximate surface area is 180 Å². The third-order valence-electron chi connectivity index (χ3n) is 4.13. The van der Waals surface area contributed by atoms with Gasteiger partial charge in [-0.1, -0.05) is 48.5 Å². The van der Waals surface area contributed by atoms with Gasteiger partial charge in [0.25, 0.3) is 5.91 Å². The van der Waals surface area contributed by atoms with Crippen molar-refractivity contribution >= 4 is 29.0 Å². The topological polar surface area (TPSA) is 71.5 Å². The summed E-state index contributed by atoms with van der Waals surface area (Å²) < 4.78 is 5.40. The Morgan fingerprint density at radius 2 is 1.73 bits per heavy atom. The maximum absolute atomic E-state index is 12.8. The van der Waals surface area contributed by atoms with Gasteiger partial charge in [-0.2, -0.15) is 0 Å². The average Bonchev–Trinajstić information content (AvgIpc) is 3.19. The number of nitrogens with one attached hydrogen (secondary N) is 1. The molecule has 0 spiro atoms. The second-order valence-electron chi connectivity index (χ2n) is 7.84. The van der Waals surface area contributed by atoms with Crippen LogP contribution in [0.15, 0.2) is 60.8 Å². The van der Waals surface area contributed by atoms with Gasteiger partial charge in [-0.3, -0.25) is 4.79 Å². The van der Waals surface area contributed by atoms with E-state index in [1.54, 1.807) is 13.2 Å². The van der Waals surface area contributed by atoms with Crippen molar-refractivity contribution in [3.8, 4) is 10.6 Å². The Balaban J connectivity index is 1.71. The number of thiazole rings is 1. The number of anilines is 1. The van der Waals surface area contributed by atoms with Crippen LogP contribution in [-0.2, 0) is 11.3 Å². The van der Waals surface area contributed by atoms with Crippen LogP contribution in [0.4, 0.5) is 10.5 Å². The van der Waals surface area contributed by atoms with Crippen LogP contribution in [-0.4, -0.2) is 34.5 Å². The third kappa shape index (κ3) is 5.67. The second-order valence-corrected chi connectivity index (χ2v) is 8.87. The van der Waals surface area contributed by atoms with Crippen LogP contribution in [0.2, 0.25) is 0 Å². The number of rotatable bonds is 5. The molecule has 0 saturated carbocycles. The lowest BCUT2D eigenvalue weighted by Crippen LogP contribution is -2.34. The number of aromatic nitrogens is 1. The molecule has 2 aromatic carbocycles. The minimum Gasteiger partial charge on any atom is -0.444 e. The molecule has 6 nitrogen and oxygen atoms in total. The highest BCUT2D eigenvalue weighted by Gasteiger charge is 2.21. The Hall–Kier alpha value is -3.19. The fraction of sp³-hybridized carbons (Fsp3) is 0.261. The fourth-order valence-corrected chi connectivity index (χ4v) is 3.53. The van der Waals surface area contributed by atoms with E-state index in [2.05, 4.69) is 10.3 Å². The lowest BCUT2D eigenvalue weighted by atomic mass is 10.1. The molecule has 30 heavy (non-hydrogen) atoms. The number of para-hydroxylation sites is 1. The smallest absolute Gasteiger partial charge is 0.410 e. The number of amides is 2. The first-order valence-corrected chi connectivity index (χ1v) is 10.4. The number of benzene rings is 2. The Kier molecular flexibility index (Phi) is 6.52. The van der Waals surface area contributed by atoms with Gasteiger partial charge in [0, 0.05) is 18.3 Å². The zero-order valence-corrected chi connectivity index (χ0v) is 18.3. The highest BCUT2D eigenvalue weighted by atomic mass is 32.1. The predicted molar refractivity (Wildman–Crippen MR) is 120 cm³/mol. The zero-order valence-electron chi connectivity index (χ0n) is 17.5. The maximum Gasteiger partial charge on any atom is 0.410 e. The van der Waals surface area contributed by atoms with E-state index < -0.39 is 11.7 Å². The van der Waals surface area contributed by atoms with Crippen molar-refractivity contribution in [3.63, 3.8) is 0 Å². The zero-order chi connectivity index (χ0) is 21.7. The highest BCUT2D eigenvalue weighted by Crippen LogP contribution is 2.26. The third-order valence-corrected chi connectivity index (χ3v) is 5.17. The summed E-state index contributed by atoms with van der Waals surface area (Å²) in [6, 6.07) is 17.1. The van der Waals surface area contributed by atoms with E-state index >= 15 is 0 Å². The molecule has 7 heteroatoms. The van der Waals surface area contributed by atoms with Crippen molar-refractivity contribution in [1.82, 2.24) is 9.88 Å². The molecule has 0 fully saturated rings. The molecule has 0 aliphatic heterocycles. The normalized spacial score (nSPS) is 11.1. The fourth-order valence-electron chi connectivity index (χ4n) is 2.72. The lowest BCUT2D eigenvalue weighted by molar-refractivity contribution is 0.0285. The predicted octanol–water partition coefficient (Wildman–Crippen LogP) is 5.43. The van der Waals surface area contributed by atoms with Gasteiger partial charge in [-0.15, -0.1) is 11.3 Å². The number of hydrogen-bond donors (Lipinski definition) is 1. The molecule has 1 aromatic heterocycles. The van der Waals surface area contributed by atoms with Gasteiger partial charge in [0.1, 0.15) is 15.5 Å². The molecule has 3 rings (SSSR count). The number of nitrogens with zero attached hydrogens (tertiary/aromatic N) is 2. The molecule has 0 saturated heterocycles. The summed E-state index contributed by atoms with van der Waals surface area (Å²) in [5.74, 6) is -0.234. The van der Waals surface area contributed by atoms with E-state index in [-0.39, 0.29) is 5.91 Å². The quantitative estimate of drug-likeness (QED) is 0.594. The highest BCUT2D eigenvalue weighted by molar-refractivity contribution is 7.17. The van der Waals surface area contributed by atoms with E-state index in [0.29, 0.717) is 17.1 Å². The van der Waals surface area contributed by atoms with Crippen molar-refractivity contribution < 1.29 is 14.3 Å². The van der Waals surface area contributed by atoms with Crippen LogP contribution in [0.5, 0.6) is 0 Å². The van der Waals surface area contributed by atoms with Gasteiger partial charge in [0.15, 0.2) is 0 Å². The van der Waals surface area contributed by atoms with Gasteiger partial charge in [-0.05, 0) is 32.4 Å². The SMILES string of the molecule is CN(Cc1ccccc1NC(=O)c1cnc(-c2ccccc2)s1)C(=O)OC(C)(C)C. The van der Waals surface area contributed by atoms with Gasteiger partial charge in [0.05, 0.1) is 12.7 Å². The molecule has 0 radical (unpaired) electrons. The van der Waals surface area contributed by atoms with E-state index in [0.717, 1.165) is 16.1 Å². The summed E-state index contributed by atoms with van der Waals surface area (Å²) in [4.78, 5) is 31.4. The van der Waals surface area contributed by atoms with Crippen LogP contribution < -0.4 is 5.32 Å². The average molecular weight is 424 g/mol. The number of carbonyl (C=O) groups excluding carboxylic acids is 2. The molecule has 1 N–H and O–H groups in total. The van der Waals surface area contributed by atoms with E-state index in [1.165, 1.54) is 16.2 Å². The first kappa shape index (κ1) is 21.5. The van der Waals surface area contributed by atoms with E-state index in [9.17, 15) is 9.59 Å². The van der Waals surface area contributed by atoms with Crippen molar-refractivity contribution in [2.75, 3.05) is 12.4 Å². The molecule has 0 aliphatic carbocycles. The standard InChI is InChI=1S/C23H25N3O3S/c1-23(2,3)29-22(28)26(4)15-17-12-8-9-13-18(17)25-20(27)19-14-24-21(30-19)16-10-6-5-7-11-16/h5-14H,15H2,1-4H3,(H,25,27). The minimum absolute atomic E-state index is 0.234. The number of hydrogen-bond acceptors (Lipinski definition) is 5. The summed E-state index contributed by atoms with van der Waals surface area (Å²) in [7, 11) is 1.67. The Morgan fingerprint density at radius 3 is 2.43 bits per heavy atom. The van der Waals surface area contributed by atoms with Crippen LogP contribution in [0, 0.1) is 0 Å². The second kappa shape index (κ2) is 9.09. The summed E-state index contributed by atoms with van der Waals surface area (Å²) in [6.45, 7) is 5.78. The van der Waals surface area contributed by atoms with Gasteiger partial charge in [-0.25, -0.2) is 9.78 Å². The summed E-state index contributed by atoms with van der Waals surface area (Å²) in [6.07, 6.45) is 1.16. The van der Waals surface area contributed by atoms with Crippen LogP contribution >= 0.6 is 11.3 Å². The molecule has 2 amide bonds. The summed E-state index contributed by atoms with van der Waals surface area (Å²) >= 11 is 1.34. The van der Waals surface area contributed by atoms with Crippen LogP contribution in [0.1, 0.15) is 36.0 Å². The van der Waals surface area contributed by atoms with Crippen molar-refractivity contribution in [2.45, 2.75) is 32.9 Å². The summed E-state index contributed by atoms with van der Waals surface area (Å²) in [5, 5.41) is 3.73. The molecule has 1 heterocycles. The molecule has 0 bridgehead atoms. The summed E-state index contributed by atoms with van der Waals surface area (Å²) in [5.41, 5.74) is 1.86. The number of ether oxygens (including phenoxy) is 1. The lowest BCUT2D eigenvalue weighted by Gasteiger charge is -2.25. The van der Waals surface area contributed by atoms with Gasteiger partial charge < -0.3 is 15.0 Å². The molecule has 156 valence electrons.